The summed E-state index contributed by atoms with van der Waals surface area (Å²) in [5.74, 6) is 1.06. The first kappa shape index (κ1) is 8.04. The zero-order chi connectivity index (χ0) is 8.55. The summed E-state index contributed by atoms with van der Waals surface area (Å²) >= 11 is 2.30. The fourth-order valence-electron chi connectivity index (χ4n) is 1.20. The number of H-pyrrole nitrogens is 1. The number of hydrogen-bond acceptors (Lipinski definition) is 1. The molecular formula is C9H9IN2. The quantitative estimate of drug-likeness (QED) is 0.794. The normalized spacial score (nSPS) is 10.8. The summed E-state index contributed by atoms with van der Waals surface area (Å²) in [5, 5.41) is 0. The van der Waals surface area contributed by atoms with E-state index in [4.69, 9.17) is 0 Å². The van der Waals surface area contributed by atoms with Crippen molar-refractivity contribution in [2.24, 2.45) is 0 Å². The molecule has 0 bridgehead atoms. The van der Waals surface area contributed by atoms with Crippen molar-refractivity contribution in [2.75, 3.05) is 0 Å². The molecule has 0 unspecified atom stereocenters. The predicted octanol–water partition coefficient (Wildman–Crippen LogP) is 2.73. The van der Waals surface area contributed by atoms with Crippen molar-refractivity contribution in [2.45, 2.75) is 13.3 Å². The standard InChI is InChI=1S/C9H9IN2/c1-2-9-11-7-4-3-6(10)5-8(7)12-9/h3-5H,2H2,1H3,(H,11,12). The van der Waals surface area contributed by atoms with Gasteiger partial charge in [-0.1, -0.05) is 6.92 Å². The van der Waals surface area contributed by atoms with Gasteiger partial charge in [0.25, 0.3) is 0 Å². The van der Waals surface area contributed by atoms with Gasteiger partial charge in [-0.15, -0.1) is 0 Å². The highest BCUT2D eigenvalue weighted by Crippen LogP contribution is 2.14. The molecule has 0 radical (unpaired) electrons. The Hall–Kier alpha value is -0.580. The number of fused-ring (bicyclic) bond motifs is 1. The van der Waals surface area contributed by atoms with E-state index in [2.05, 4.69) is 51.6 Å². The van der Waals surface area contributed by atoms with E-state index in [9.17, 15) is 0 Å². The summed E-state index contributed by atoms with van der Waals surface area (Å²) in [7, 11) is 0. The molecular weight excluding hydrogens is 263 g/mol. The van der Waals surface area contributed by atoms with Gasteiger partial charge in [0.05, 0.1) is 11.0 Å². The van der Waals surface area contributed by atoms with Crippen LogP contribution >= 0.6 is 22.6 Å². The summed E-state index contributed by atoms with van der Waals surface area (Å²) in [6.45, 7) is 2.10. The van der Waals surface area contributed by atoms with Crippen molar-refractivity contribution < 1.29 is 0 Å². The number of imidazole rings is 1. The van der Waals surface area contributed by atoms with Gasteiger partial charge in [-0.2, -0.15) is 0 Å². The molecule has 0 saturated heterocycles. The molecule has 0 aliphatic rings. The molecule has 0 aliphatic heterocycles. The van der Waals surface area contributed by atoms with Gasteiger partial charge in [0, 0.05) is 9.99 Å². The number of benzene rings is 1. The molecule has 0 fully saturated rings. The number of halogens is 1. The number of aromatic nitrogens is 2. The van der Waals surface area contributed by atoms with Crippen molar-refractivity contribution in [1.82, 2.24) is 9.97 Å². The first-order valence-corrected chi connectivity index (χ1v) is 5.01. The van der Waals surface area contributed by atoms with Crippen LogP contribution in [0.25, 0.3) is 11.0 Å². The Labute approximate surface area is 84.5 Å². The minimum Gasteiger partial charge on any atom is -0.342 e. The van der Waals surface area contributed by atoms with Gasteiger partial charge in [0.15, 0.2) is 0 Å². The van der Waals surface area contributed by atoms with Crippen LogP contribution in [0.2, 0.25) is 0 Å². The van der Waals surface area contributed by atoms with E-state index in [1.807, 2.05) is 6.07 Å². The second-order valence-electron chi connectivity index (χ2n) is 2.70. The second kappa shape index (κ2) is 3.05. The summed E-state index contributed by atoms with van der Waals surface area (Å²) in [4.78, 5) is 7.68. The third-order valence-electron chi connectivity index (χ3n) is 1.83. The lowest BCUT2D eigenvalue weighted by molar-refractivity contribution is 1.00. The van der Waals surface area contributed by atoms with Crippen LogP contribution < -0.4 is 0 Å². The molecule has 0 spiro atoms. The van der Waals surface area contributed by atoms with E-state index < -0.39 is 0 Å². The van der Waals surface area contributed by atoms with E-state index in [1.165, 1.54) is 3.57 Å². The van der Waals surface area contributed by atoms with Gasteiger partial charge >= 0.3 is 0 Å². The molecule has 12 heavy (non-hydrogen) atoms. The molecule has 0 atom stereocenters. The maximum atomic E-state index is 4.41. The molecule has 0 aliphatic carbocycles. The Morgan fingerprint density at radius 1 is 1.50 bits per heavy atom. The topological polar surface area (TPSA) is 28.7 Å². The number of rotatable bonds is 1. The third kappa shape index (κ3) is 1.33. The summed E-state index contributed by atoms with van der Waals surface area (Å²) in [6, 6.07) is 6.23. The number of nitrogens with one attached hydrogen (secondary N) is 1. The van der Waals surface area contributed by atoms with Crippen molar-refractivity contribution in [1.29, 1.82) is 0 Å². The largest absolute Gasteiger partial charge is 0.342 e. The molecule has 62 valence electrons. The fourth-order valence-corrected chi connectivity index (χ4v) is 1.69. The first-order chi connectivity index (χ1) is 5.79. The first-order valence-electron chi connectivity index (χ1n) is 3.93. The molecule has 2 aromatic rings. The molecule has 0 saturated carbocycles. The van der Waals surface area contributed by atoms with E-state index in [0.717, 1.165) is 23.3 Å². The van der Waals surface area contributed by atoms with Crippen LogP contribution in [0.1, 0.15) is 12.7 Å². The van der Waals surface area contributed by atoms with Crippen molar-refractivity contribution in [3.05, 3.63) is 27.6 Å². The summed E-state index contributed by atoms with van der Waals surface area (Å²) < 4.78 is 1.24. The average Bonchev–Trinajstić information content (AvgIpc) is 2.46. The number of aryl methyl sites for hydroxylation is 1. The van der Waals surface area contributed by atoms with Crippen LogP contribution in [0.15, 0.2) is 18.2 Å². The summed E-state index contributed by atoms with van der Waals surface area (Å²) in [5.41, 5.74) is 2.20. The zero-order valence-corrected chi connectivity index (χ0v) is 8.92. The van der Waals surface area contributed by atoms with Crippen LogP contribution in [0.4, 0.5) is 0 Å². The summed E-state index contributed by atoms with van der Waals surface area (Å²) in [6.07, 6.45) is 0.964. The lowest BCUT2D eigenvalue weighted by Gasteiger charge is -1.87. The molecule has 1 N–H and O–H groups in total. The van der Waals surface area contributed by atoms with Crippen LogP contribution in [-0.2, 0) is 6.42 Å². The zero-order valence-electron chi connectivity index (χ0n) is 6.76. The third-order valence-corrected chi connectivity index (χ3v) is 2.50. The second-order valence-corrected chi connectivity index (χ2v) is 3.94. The minimum atomic E-state index is 0.964. The Kier molecular flexibility index (Phi) is 2.04. The highest BCUT2D eigenvalue weighted by molar-refractivity contribution is 14.1. The molecule has 2 rings (SSSR count). The molecule has 1 heterocycles. The molecule has 0 amide bonds. The molecule has 3 heteroatoms. The highest BCUT2D eigenvalue weighted by atomic mass is 127. The van der Waals surface area contributed by atoms with E-state index >= 15 is 0 Å². The maximum absolute atomic E-state index is 4.41. The van der Waals surface area contributed by atoms with Gasteiger partial charge in [0.1, 0.15) is 5.82 Å². The molecule has 1 aromatic heterocycles. The highest BCUT2D eigenvalue weighted by Gasteiger charge is 1.99. The Morgan fingerprint density at radius 2 is 2.33 bits per heavy atom. The maximum Gasteiger partial charge on any atom is 0.106 e. The SMILES string of the molecule is CCc1nc2ccc(I)cc2[nH]1. The average molecular weight is 272 g/mol. The monoisotopic (exact) mass is 272 g/mol. The minimum absolute atomic E-state index is 0.964. The van der Waals surface area contributed by atoms with Crippen LogP contribution in [0.5, 0.6) is 0 Å². The fraction of sp³-hybridized carbons (Fsp3) is 0.222. The molecule has 2 nitrogen and oxygen atoms in total. The van der Waals surface area contributed by atoms with Crippen molar-refractivity contribution >= 4 is 33.6 Å². The van der Waals surface area contributed by atoms with Gasteiger partial charge < -0.3 is 4.98 Å². The number of aromatic amines is 1. The van der Waals surface area contributed by atoms with Gasteiger partial charge in [-0.3, -0.25) is 0 Å². The lowest BCUT2D eigenvalue weighted by Crippen LogP contribution is -1.79. The van der Waals surface area contributed by atoms with Gasteiger partial charge in [-0.05, 0) is 40.8 Å². The van der Waals surface area contributed by atoms with Gasteiger partial charge in [0.2, 0.25) is 0 Å². The van der Waals surface area contributed by atoms with Crippen LogP contribution in [0.3, 0.4) is 0 Å². The van der Waals surface area contributed by atoms with Gasteiger partial charge in [-0.25, -0.2) is 4.98 Å². The number of nitrogens with zero attached hydrogens (tertiary/aromatic N) is 1. The molecule has 1 aromatic carbocycles. The van der Waals surface area contributed by atoms with Crippen LogP contribution in [0, 0.1) is 3.57 Å². The Morgan fingerprint density at radius 3 is 3.08 bits per heavy atom. The van der Waals surface area contributed by atoms with Crippen molar-refractivity contribution in [3.63, 3.8) is 0 Å². The Bertz CT molecular complexity index is 406. The Balaban J connectivity index is 2.67. The van der Waals surface area contributed by atoms with Crippen molar-refractivity contribution in [3.8, 4) is 0 Å². The van der Waals surface area contributed by atoms with Crippen LogP contribution in [-0.4, -0.2) is 9.97 Å². The van der Waals surface area contributed by atoms with E-state index in [-0.39, 0.29) is 0 Å². The number of hydrogen-bond donors (Lipinski definition) is 1. The predicted molar refractivity (Wildman–Crippen MR) is 58.2 cm³/mol. The van der Waals surface area contributed by atoms with E-state index in [0.29, 0.717) is 0 Å². The smallest absolute Gasteiger partial charge is 0.106 e. The lowest BCUT2D eigenvalue weighted by atomic mass is 10.3. The van der Waals surface area contributed by atoms with E-state index in [1.54, 1.807) is 0 Å².